The monoisotopic (exact) mass is 482 g/mol. The summed E-state index contributed by atoms with van der Waals surface area (Å²) in [5, 5.41) is 15.7. The number of esters is 1. The first-order valence-electron chi connectivity index (χ1n) is 10.8. The number of nitrogens with one attached hydrogen (secondary N) is 1. The van der Waals surface area contributed by atoms with Crippen LogP contribution < -0.4 is 15.1 Å². The minimum Gasteiger partial charge on any atom is -0.462 e. The van der Waals surface area contributed by atoms with Crippen LogP contribution in [0.3, 0.4) is 0 Å². The van der Waals surface area contributed by atoms with Gasteiger partial charge in [0.15, 0.2) is 0 Å². The third-order valence-corrected chi connectivity index (χ3v) is 5.65. The van der Waals surface area contributed by atoms with Crippen LogP contribution in [0.2, 0.25) is 5.02 Å². The van der Waals surface area contributed by atoms with Crippen molar-refractivity contribution < 1.29 is 14.5 Å². The molecular weight excluding hydrogens is 460 g/mol. The van der Waals surface area contributed by atoms with E-state index >= 15 is 0 Å². The fourth-order valence-corrected chi connectivity index (χ4v) is 4.00. The maximum atomic E-state index is 12.3. The SMILES string of the molecule is CCOC(=O)c1ccccc1Nc1ncnc(N2CCN(c3cccc(Cl)c3)CC2)c1[N+](=O)[O-]. The molecule has 1 aromatic heterocycles. The molecule has 10 nitrogen and oxygen atoms in total. The predicted molar refractivity (Wildman–Crippen MR) is 130 cm³/mol. The molecule has 0 spiro atoms. The Hall–Kier alpha value is -3.92. The van der Waals surface area contributed by atoms with Crippen LogP contribution in [0, 0.1) is 10.1 Å². The van der Waals surface area contributed by atoms with E-state index in [-0.39, 0.29) is 29.5 Å². The molecular formula is C23H23ClN6O4. The second kappa shape index (κ2) is 10.3. The molecule has 176 valence electrons. The highest BCUT2D eigenvalue weighted by Crippen LogP contribution is 2.35. The number of nitro groups is 1. The summed E-state index contributed by atoms with van der Waals surface area (Å²) in [7, 11) is 0. The second-order valence-electron chi connectivity index (χ2n) is 7.50. The Kier molecular flexibility index (Phi) is 7.07. The molecule has 2 heterocycles. The maximum absolute atomic E-state index is 12.3. The number of piperazine rings is 1. The minimum absolute atomic E-state index is 0.00372. The van der Waals surface area contributed by atoms with Crippen LogP contribution in [0.1, 0.15) is 17.3 Å². The van der Waals surface area contributed by atoms with Crippen LogP contribution in [-0.2, 0) is 4.74 Å². The van der Waals surface area contributed by atoms with Crippen molar-refractivity contribution in [1.82, 2.24) is 9.97 Å². The zero-order chi connectivity index (χ0) is 24.1. The molecule has 3 aromatic rings. The smallest absolute Gasteiger partial charge is 0.353 e. The van der Waals surface area contributed by atoms with E-state index in [1.54, 1.807) is 31.2 Å². The van der Waals surface area contributed by atoms with Gasteiger partial charge in [-0.25, -0.2) is 14.8 Å². The fourth-order valence-electron chi connectivity index (χ4n) is 3.82. The van der Waals surface area contributed by atoms with Crippen molar-refractivity contribution in [2.75, 3.05) is 47.9 Å². The maximum Gasteiger partial charge on any atom is 0.353 e. The van der Waals surface area contributed by atoms with Crippen molar-refractivity contribution in [2.24, 2.45) is 0 Å². The van der Waals surface area contributed by atoms with Gasteiger partial charge < -0.3 is 19.9 Å². The molecule has 4 rings (SSSR count). The van der Waals surface area contributed by atoms with E-state index in [0.29, 0.717) is 36.9 Å². The van der Waals surface area contributed by atoms with Gasteiger partial charge in [0.1, 0.15) is 6.33 Å². The molecule has 0 aliphatic carbocycles. The third-order valence-electron chi connectivity index (χ3n) is 5.41. The highest BCUT2D eigenvalue weighted by atomic mass is 35.5. The van der Waals surface area contributed by atoms with Gasteiger partial charge in [-0.3, -0.25) is 10.1 Å². The van der Waals surface area contributed by atoms with Crippen molar-refractivity contribution in [3.05, 3.63) is 75.6 Å². The van der Waals surface area contributed by atoms with E-state index in [1.165, 1.54) is 6.33 Å². The number of ether oxygens (including phenoxy) is 1. The third kappa shape index (κ3) is 5.01. The molecule has 1 aliphatic rings. The Bertz CT molecular complexity index is 1200. The molecule has 0 unspecified atom stereocenters. The quantitative estimate of drug-likeness (QED) is 0.299. The number of nitrogens with zero attached hydrogens (tertiary/aromatic N) is 5. The molecule has 1 saturated heterocycles. The summed E-state index contributed by atoms with van der Waals surface area (Å²) in [6, 6.07) is 14.2. The van der Waals surface area contributed by atoms with Crippen molar-refractivity contribution in [2.45, 2.75) is 6.92 Å². The van der Waals surface area contributed by atoms with Gasteiger partial charge in [0, 0.05) is 36.9 Å². The lowest BCUT2D eigenvalue weighted by Crippen LogP contribution is -2.47. The Labute approximate surface area is 201 Å². The van der Waals surface area contributed by atoms with Crippen LogP contribution in [0.25, 0.3) is 0 Å². The van der Waals surface area contributed by atoms with Crippen LogP contribution >= 0.6 is 11.6 Å². The number of para-hydroxylation sites is 1. The van der Waals surface area contributed by atoms with Gasteiger partial charge in [-0.2, -0.15) is 0 Å². The number of halogens is 1. The van der Waals surface area contributed by atoms with Gasteiger partial charge in [0.05, 0.1) is 22.8 Å². The number of carbonyl (C=O) groups excluding carboxylic acids is 1. The number of anilines is 4. The van der Waals surface area contributed by atoms with Crippen molar-refractivity contribution >= 4 is 46.3 Å². The molecule has 1 fully saturated rings. The highest BCUT2D eigenvalue weighted by molar-refractivity contribution is 6.30. The average molecular weight is 483 g/mol. The molecule has 1 N–H and O–H groups in total. The molecule has 0 radical (unpaired) electrons. The molecule has 0 atom stereocenters. The van der Waals surface area contributed by atoms with E-state index in [9.17, 15) is 14.9 Å². The van der Waals surface area contributed by atoms with Crippen molar-refractivity contribution in [3.63, 3.8) is 0 Å². The standard InChI is InChI=1S/C23H23ClN6O4/c1-2-34-23(31)18-8-3-4-9-19(18)27-21-20(30(32)33)22(26-15-25-21)29-12-10-28(11-13-29)17-7-5-6-16(24)14-17/h3-9,14-15H,2,10-13H2,1H3,(H,25,26,27). The number of aromatic nitrogens is 2. The molecule has 2 aromatic carbocycles. The second-order valence-corrected chi connectivity index (χ2v) is 7.93. The van der Waals surface area contributed by atoms with Gasteiger partial charge in [-0.1, -0.05) is 29.8 Å². The normalized spacial score (nSPS) is 13.5. The predicted octanol–water partition coefficient (Wildman–Crippen LogP) is 4.29. The van der Waals surface area contributed by atoms with Crippen molar-refractivity contribution in [1.29, 1.82) is 0 Å². The van der Waals surface area contributed by atoms with E-state index in [4.69, 9.17) is 16.3 Å². The number of carbonyl (C=O) groups is 1. The zero-order valence-corrected chi connectivity index (χ0v) is 19.2. The van der Waals surface area contributed by atoms with Crippen molar-refractivity contribution in [3.8, 4) is 0 Å². The molecule has 0 bridgehead atoms. The largest absolute Gasteiger partial charge is 0.462 e. The molecule has 0 saturated carbocycles. The van der Waals surface area contributed by atoms with E-state index in [0.717, 1.165) is 5.69 Å². The summed E-state index contributed by atoms with van der Waals surface area (Å²) >= 11 is 6.11. The lowest BCUT2D eigenvalue weighted by molar-refractivity contribution is -0.383. The summed E-state index contributed by atoms with van der Waals surface area (Å²) in [6.07, 6.45) is 1.28. The van der Waals surface area contributed by atoms with Crippen LogP contribution in [0.15, 0.2) is 54.9 Å². The Morgan fingerprint density at radius 1 is 1.12 bits per heavy atom. The average Bonchev–Trinajstić information content (AvgIpc) is 2.84. The van der Waals surface area contributed by atoms with Gasteiger partial charge in [0.25, 0.3) is 0 Å². The number of hydrogen-bond acceptors (Lipinski definition) is 9. The zero-order valence-electron chi connectivity index (χ0n) is 18.5. The molecule has 1 aliphatic heterocycles. The van der Waals surface area contributed by atoms with Gasteiger partial charge >= 0.3 is 11.7 Å². The summed E-state index contributed by atoms with van der Waals surface area (Å²) in [6.45, 7) is 4.28. The first kappa shape index (κ1) is 23.2. The lowest BCUT2D eigenvalue weighted by Gasteiger charge is -2.36. The Balaban J connectivity index is 1.59. The van der Waals surface area contributed by atoms with E-state index < -0.39 is 10.9 Å². The van der Waals surface area contributed by atoms with Gasteiger partial charge in [0.2, 0.25) is 11.6 Å². The molecule has 34 heavy (non-hydrogen) atoms. The van der Waals surface area contributed by atoms with Crippen LogP contribution in [-0.4, -0.2) is 53.6 Å². The van der Waals surface area contributed by atoms with Gasteiger partial charge in [-0.05, 0) is 37.3 Å². The topological polar surface area (TPSA) is 114 Å². The number of rotatable bonds is 7. The highest BCUT2D eigenvalue weighted by Gasteiger charge is 2.30. The summed E-state index contributed by atoms with van der Waals surface area (Å²) in [4.78, 5) is 36.2. The van der Waals surface area contributed by atoms with Crippen LogP contribution in [0.5, 0.6) is 0 Å². The van der Waals surface area contributed by atoms with Crippen LogP contribution in [0.4, 0.5) is 28.7 Å². The summed E-state index contributed by atoms with van der Waals surface area (Å²) < 4.78 is 5.09. The Morgan fingerprint density at radius 3 is 2.56 bits per heavy atom. The minimum atomic E-state index is -0.528. The number of benzene rings is 2. The molecule has 0 amide bonds. The Morgan fingerprint density at radius 2 is 1.85 bits per heavy atom. The van der Waals surface area contributed by atoms with E-state index in [1.807, 2.05) is 29.2 Å². The first-order chi connectivity index (χ1) is 16.5. The first-order valence-corrected chi connectivity index (χ1v) is 11.1. The number of hydrogen-bond donors (Lipinski definition) is 1. The van der Waals surface area contributed by atoms with E-state index in [2.05, 4.69) is 20.2 Å². The summed E-state index contributed by atoms with van der Waals surface area (Å²) in [5.41, 5.74) is 1.37. The summed E-state index contributed by atoms with van der Waals surface area (Å²) in [5.74, 6) is -0.300. The fraction of sp³-hybridized carbons (Fsp3) is 0.261. The molecule has 11 heteroatoms. The lowest BCUT2D eigenvalue weighted by atomic mass is 10.1. The van der Waals surface area contributed by atoms with Gasteiger partial charge in [-0.15, -0.1) is 0 Å².